The van der Waals surface area contributed by atoms with Crippen LogP contribution in [0, 0.1) is 0 Å². The van der Waals surface area contributed by atoms with Crippen LogP contribution in [0.25, 0.3) is 38.2 Å². The Labute approximate surface area is 109 Å². The molecule has 19 heavy (non-hydrogen) atoms. The summed E-state index contributed by atoms with van der Waals surface area (Å²) in [4.78, 5) is 4.61. The third-order valence-electron chi connectivity index (χ3n) is 3.97. The summed E-state index contributed by atoms with van der Waals surface area (Å²) in [5, 5.41) is 5.05. The van der Waals surface area contributed by atoms with E-state index in [1.54, 1.807) is 0 Å². The van der Waals surface area contributed by atoms with E-state index in [0.29, 0.717) is 0 Å². The molecule has 0 saturated carbocycles. The number of aromatic nitrogens is 2. The van der Waals surface area contributed by atoms with Crippen molar-refractivity contribution in [1.29, 1.82) is 0 Å². The van der Waals surface area contributed by atoms with Gasteiger partial charge in [0, 0.05) is 10.8 Å². The predicted octanol–water partition coefficient (Wildman–Crippen LogP) is 4.23. The average molecular weight is 242 g/mol. The monoisotopic (exact) mass is 242 g/mol. The first kappa shape index (κ1) is 9.34. The number of rotatable bonds is 0. The third kappa shape index (κ3) is 1.01. The van der Waals surface area contributed by atoms with Crippen LogP contribution in [-0.4, -0.2) is 9.38 Å². The van der Waals surface area contributed by atoms with E-state index in [0.717, 1.165) is 11.2 Å². The van der Waals surface area contributed by atoms with Crippen molar-refractivity contribution in [3.63, 3.8) is 0 Å². The van der Waals surface area contributed by atoms with Crippen LogP contribution >= 0.6 is 0 Å². The molecular weight excluding hydrogens is 232 g/mol. The van der Waals surface area contributed by atoms with Gasteiger partial charge in [0.2, 0.25) is 0 Å². The van der Waals surface area contributed by atoms with Crippen LogP contribution in [0.3, 0.4) is 0 Å². The fourth-order valence-electron chi connectivity index (χ4n) is 3.16. The lowest BCUT2D eigenvalue weighted by molar-refractivity contribution is 1.31. The molecule has 0 saturated heterocycles. The van der Waals surface area contributed by atoms with E-state index in [9.17, 15) is 0 Å². The van der Waals surface area contributed by atoms with Gasteiger partial charge >= 0.3 is 0 Å². The highest BCUT2D eigenvalue weighted by Gasteiger charge is 2.12. The second-order valence-corrected chi connectivity index (χ2v) is 4.96. The predicted molar refractivity (Wildman–Crippen MR) is 78.9 cm³/mol. The van der Waals surface area contributed by atoms with Gasteiger partial charge in [0.1, 0.15) is 5.65 Å². The largest absolute Gasteiger partial charge is 0.292 e. The lowest BCUT2D eigenvalue weighted by Gasteiger charge is -2.11. The van der Waals surface area contributed by atoms with Crippen LogP contribution in [0.15, 0.2) is 60.8 Å². The number of hydrogen-bond acceptors (Lipinski definition) is 1. The minimum Gasteiger partial charge on any atom is -0.292 e. The highest BCUT2D eigenvalue weighted by atomic mass is 15.0. The third-order valence-corrected chi connectivity index (χ3v) is 3.97. The summed E-state index contributed by atoms with van der Waals surface area (Å²) in [5.74, 6) is 0. The van der Waals surface area contributed by atoms with E-state index in [1.165, 1.54) is 27.1 Å². The van der Waals surface area contributed by atoms with Crippen molar-refractivity contribution in [1.82, 2.24) is 9.38 Å². The van der Waals surface area contributed by atoms with E-state index >= 15 is 0 Å². The Morgan fingerprint density at radius 3 is 2.53 bits per heavy atom. The molecule has 5 aromatic rings. The summed E-state index contributed by atoms with van der Waals surface area (Å²) in [6.45, 7) is 0. The second kappa shape index (κ2) is 3.04. The van der Waals surface area contributed by atoms with Crippen molar-refractivity contribution >= 4 is 38.2 Å². The molecule has 2 aromatic carbocycles. The minimum atomic E-state index is 1.05. The van der Waals surface area contributed by atoms with Crippen LogP contribution in [0.4, 0.5) is 0 Å². The first-order chi connectivity index (χ1) is 9.43. The Balaban J connectivity index is 2.34. The smallest absolute Gasteiger partial charge is 0.145 e. The summed E-state index contributed by atoms with van der Waals surface area (Å²) < 4.78 is 2.27. The van der Waals surface area contributed by atoms with Gasteiger partial charge in [-0.1, -0.05) is 48.5 Å². The molecule has 0 unspecified atom stereocenters. The summed E-state index contributed by atoms with van der Waals surface area (Å²) in [6.07, 6.45) is 1.95. The Kier molecular flexibility index (Phi) is 1.49. The van der Waals surface area contributed by atoms with Gasteiger partial charge in [-0.05, 0) is 16.8 Å². The van der Waals surface area contributed by atoms with E-state index in [2.05, 4.69) is 64.0 Å². The van der Waals surface area contributed by atoms with E-state index in [-0.39, 0.29) is 0 Å². The maximum Gasteiger partial charge on any atom is 0.145 e. The molecule has 0 N–H and O–H groups in total. The van der Waals surface area contributed by atoms with Crippen molar-refractivity contribution in [3.05, 3.63) is 60.8 Å². The van der Waals surface area contributed by atoms with Crippen molar-refractivity contribution in [3.8, 4) is 0 Å². The number of imidazole rings is 1. The summed E-state index contributed by atoms with van der Waals surface area (Å²) in [5.41, 5.74) is 3.48. The van der Waals surface area contributed by atoms with Gasteiger partial charge in [0.25, 0.3) is 0 Å². The molecule has 0 aliphatic rings. The Morgan fingerprint density at radius 1 is 0.737 bits per heavy atom. The molecule has 0 atom stereocenters. The zero-order valence-corrected chi connectivity index (χ0v) is 10.2. The molecule has 0 amide bonds. The zero-order chi connectivity index (χ0) is 12.4. The zero-order valence-electron chi connectivity index (χ0n) is 10.2. The van der Waals surface area contributed by atoms with Gasteiger partial charge in [-0.2, -0.15) is 0 Å². The summed E-state index contributed by atoms with van der Waals surface area (Å²) in [6, 6.07) is 19.3. The standard InChI is InChI=1S/C17H10N2/c1-2-6-15-13(5-1)14-7-3-4-11-8-9-12-10-18-17(15)19(12)16(11)14/h1-10H. The van der Waals surface area contributed by atoms with Gasteiger partial charge in [-0.3, -0.25) is 4.40 Å². The van der Waals surface area contributed by atoms with Crippen molar-refractivity contribution < 1.29 is 0 Å². The summed E-state index contributed by atoms with van der Waals surface area (Å²) in [7, 11) is 0. The number of hydrogen-bond donors (Lipinski definition) is 0. The van der Waals surface area contributed by atoms with Gasteiger partial charge in [0.05, 0.1) is 17.2 Å². The first-order valence-corrected chi connectivity index (χ1v) is 6.42. The van der Waals surface area contributed by atoms with Crippen molar-refractivity contribution in [2.75, 3.05) is 0 Å². The minimum absolute atomic E-state index is 1.05. The lowest BCUT2D eigenvalue weighted by atomic mass is 10.0. The SMILES string of the molecule is c1ccc2c(c1)c1cccc3ccc4cnc2n4c31. The number of para-hydroxylation sites is 1. The normalized spacial score (nSPS) is 12.2. The highest BCUT2D eigenvalue weighted by Crippen LogP contribution is 2.33. The molecule has 0 bridgehead atoms. The van der Waals surface area contributed by atoms with Gasteiger partial charge in [-0.15, -0.1) is 0 Å². The van der Waals surface area contributed by atoms with Gasteiger partial charge < -0.3 is 0 Å². The van der Waals surface area contributed by atoms with Crippen molar-refractivity contribution in [2.24, 2.45) is 0 Å². The Morgan fingerprint density at radius 2 is 1.58 bits per heavy atom. The molecule has 0 spiro atoms. The number of pyridine rings is 2. The van der Waals surface area contributed by atoms with E-state index in [4.69, 9.17) is 0 Å². The maximum atomic E-state index is 4.61. The molecule has 2 heteroatoms. The summed E-state index contributed by atoms with van der Waals surface area (Å²) >= 11 is 0. The topological polar surface area (TPSA) is 17.3 Å². The molecule has 0 aliphatic heterocycles. The molecule has 5 rings (SSSR count). The van der Waals surface area contributed by atoms with Crippen LogP contribution < -0.4 is 0 Å². The molecule has 88 valence electrons. The van der Waals surface area contributed by atoms with Crippen LogP contribution in [0.5, 0.6) is 0 Å². The second-order valence-electron chi connectivity index (χ2n) is 4.96. The molecule has 3 heterocycles. The average Bonchev–Trinajstić information content (AvgIpc) is 2.91. The van der Waals surface area contributed by atoms with Crippen LogP contribution in [-0.2, 0) is 0 Å². The molecule has 0 fully saturated rings. The quantitative estimate of drug-likeness (QED) is 0.293. The molecule has 3 aromatic heterocycles. The molecule has 0 aliphatic carbocycles. The molecular formula is C17H10N2. The molecule has 2 nitrogen and oxygen atoms in total. The van der Waals surface area contributed by atoms with Crippen LogP contribution in [0.1, 0.15) is 0 Å². The molecule has 0 radical (unpaired) electrons. The fourth-order valence-corrected chi connectivity index (χ4v) is 3.16. The lowest BCUT2D eigenvalue weighted by Crippen LogP contribution is -1.93. The Bertz CT molecular complexity index is 1050. The maximum absolute atomic E-state index is 4.61. The first-order valence-electron chi connectivity index (χ1n) is 6.42. The van der Waals surface area contributed by atoms with E-state index in [1.807, 2.05) is 6.20 Å². The Hall–Kier alpha value is -2.61. The fraction of sp³-hybridized carbons (Fsp3) is 0. The van der Waals surface area contributed by atoms with Crippen molar-refractivity contribution in [2.45, 2.75) is 0 Å². The number of fused-ring (bicyclic) bond motifs is 3. The van der Waals surface area contributed by atoms with Gasteiger partial charge in [-0.25, -0.2) is 4.98 Å². The van der Waals surface area contributed by atoms with Crippen LogP contribution in [0.2, 0.25) is 0 Å². The van der Waals surface area contributed by atoms with Gasteiger partial charge in [0.15, 0.2) is 0 Å². The highest BCUT2D eigenvalue weighted by molar-refractivity contribution is 6.16. The number of benzene rings is 2. The number of nitrogens with zero attached hydrogens (tertiary/aromatic N) is 2. The van der Waals surface area contributed by atoms with E-state index < -0.39 is 0 Å².